The van der Waals surface area contributed by atoms with E-state index in [1.807, 2.05) is 60.7 Å². The summed E-state index contributed by atoms with van der Waals surface area (Å²) in [7, 11) is 0. The van der Waals surface area contributed by atoms with Gasteiger partial charge in [-0.3, -0.25) is 9.59 Å². The Balaban J connectivity index is 1.72. The van der Waals surface area contributed by atoms with Crippen LogP contribution in [-0.4, -0.2) is 45.6 Å². The predicted octanol–water partition coefficient (Wildman–Crippen LogP) is 5.58. The second-order valence-electron chi connectivity index (χ2n) is 11.9. The minimum atomic E-state index is -0.968. The second kappa shape index (κ2) is 13.6. The lowest BCUT2D eigenvalue weighted by molar-refractivity contribution is -0.147. The zero-order valence-corrected chi connectivity index (χ0v) is 24.8. The van der Waals surface area contributed by atoms with Crippen LogP contribution < -0.4 is 10.6 Å². The highest BCUT2D eigenvalue weighted by Gasteiger charge is 2.42. The van der Waals surface area contributed by atoms with Crippen molar-refractivity contribution in [1.82, 2.24) is 15.5 Å². The number of carbonyl (C=O) groups excluding carboxylic acids is 3. The number of hydrogen-bond acceptors (Lipinski definition) is 5. The van der Waals surface area contributed by atoms with Crippen molar-refractivity contribution in [1.29, 1.82) is 0 Å². The van der Waals surface area contributed by atoms with Crippen molar-refractivity contribution in [3.8, 4) is 5.75 Å². The molecule has 4 rings (SSSR count). The Hall–Kier alpha value is -4.33. The summed E-state index contributed by atoms with van der Waals surface area (Å²) in [5.74, 6) is -0.586. The number of nitrogens with zero attached hydrogens (tertiary/aromatic N) is 1. The molecule has 0 radical (unpaired) electrons. The van der Waals surface area contributed by atoms with E-state index >= 15 is 0 Å². The van der Waals surface area contributed by atoms with Gasteiger partial charge in [-0.1, -0.05) is 66.7 Å². The SMILES string of the molecule is Cc1cc(C(C(=O)NCc2ccccc2)N(C(=O)C(Cc2ccccc2)NC(=O)OC(C)(C)C)C2CCC2)ccc1O. The molecule has 42 heavy (non-hydrogen) atoms. The summed E-state index contributed by atoms with van der Waals surface area (Å²) in [4.78, 5) is 43.2. The van der Waals surface area contributed by atoms with Crippen molar-refractivity contribution in [3.05, 3.63) is 101 Å². The normalized spacial score (nSPS) is 14.7. The number of amides is 3. The number of hydrogen-bond donors (Lipinski definition) is 3. The van der Waals surface area contributed by atoms with Crippen molar-refractivity contribution in [2.75, 3.05) is 0 Å². The first-order valence-corrected chi connectivity index (χ1v) is 14.5. The van der Waals surface area contributed by atoms with Gasteiger partial charge in [0.05, 0.1) is 0 Å². The van der Waals surface area contributed by atoms with Crippen LogP contribution in [0.5, 0.6) is 5.75 Å². The van der Waals surface area contributed by atoms with Crippen LogP contribution in [0.4, 0.5) is 4.79 Å². The van der Waals surface area contributed by atoms with Crippen LogP contribution in [0.1, 0.15) is 68.3 Å². The number of aromatic hydroxyl groups is 1. The van der Waals surface area contributed by atoms with Crippen LogP contribution >= 0.6 is 0 Å². The van der Waals surface area contributed by atoms with E-state index < -0.39 is 23.8 Å². The van der Waals surface area contributed by atoms with Gasteiger partial charge in [-0.2, -0.15) is 0 Å². The maximum absolute atomic E-state index is 14.6. The van der Waals surface area contributed by atoms with Gasteiger partial charge in [0.15, 0.2) is 0 Å². The number of phenolic OH excluding ortho intramolecular Hbond substituents is 1. The minimum Gasteiger partial charge on any atom is -0.508 e. The van der Waals surface area contributed by atoms with E-state index in [9.17, 15) is 19.5 Å². The molecular weight excluding hydrogens is 530 g/mol. The van der Waals surface area contributed by atoms with Gasteiger partial charge in [0.1, 0.15) is 23.4 Å². The van der Waals surface area contributed by atoms with Crippen LogP contribution in [0.15, 0.2) is 78.9 Å². The van der Waals surface area contributed by atoms with Crippen molar-refractivity contribution in [2.45, 2.75) is 83.6 Å². The molecule has 0 saturated heterocycles. The zero-order chi connectivity index (χ0) is 30.3. The molecule has 8 nitrogen and oxygen atoms in total. The fraction of sp³-hybridized carbons (Fsp3) is 0.382. The Morgan fingerprint density at radius 2 is 1.57 bits per heavy atom. The van der Waals surface area contributed by atoms with E-state index in [1.165, 1.54) is 0 Å². The Labute approximate surface area is 248 Å². The lowest BCUT2D eigenvalue weighted by Crippen LogP contribution is -2.58. The number of alkyl carbamates (subject to hydrolysis) is 1. The highest BCUT2D eigenvalue weighted by atomic mass is 16.6. The number of rotatable bonds is 10. The molecule has 3 N–H and O–H groups in total. The molecule has 0 bridgehead atoms. The maximum atomic E-state index is 14.6. The summed E-state index contributed by atoms with van der Waals surface area (Å²) in [5.41, 5.74) is 2.24. The molecule has 0 aromatic heterocycles. The number of benzene rings is 3. The average molecular weight is 572 g/mol. The number of nitrogens with one attached hydrogen (secondary N) is 2. The van der Waals surface area contributed by atoms with Gasteiger partial charge in [-0.25, -0.2) is 4.79 Å². The van der Waals surface area contributed by atoms with E-state index in [0.717, 1.165) is 30.4 Å². The molecule has 0 aliphatic heterocycles. The van der Waals surface area contributed by atoms with Gasteiger partial charge in [-0.05, 0) is 81.3 Å². The molecule has 1 saturated carbocycles. The molecule has 2 unspecified atom stereocenters. The van der Waals surface area contributed by atoms with E-state index in [0.29, 0.717) is 17.7 Å². The van der Waals surface area contributed by atoms with E-state index in [2.05, 4.69) is 10.6 Å². The Morgan fingerprint density at radius 3 is 2.12 bits per heavy atom. The predicted molar refractivity (Wildman–Crippen MR) is 162 cm³/mol. The van der Waals surface area contributed by atoms with Crippen LogP contribution in [0, 0.1) is 6.92 Å². The van der Waals surface area contributed by atoms with Crippen LogP contribution in [0.3, 0.4) is 0 Å². The largest absolute Gasteiger partial charge is 0.508 e. The summed E-state index contributed by atoms with van der Waals surface area (Å²) < 4.78 is 5.52. The third kappa shape index (κ3) is 8.12. The standard InChI is InChI=1S/C34H41N3O5/c1-23-20-26(18-19-29(23)38)30(31(39)35-22-25-14-9-6-10-15-25)37(27-16-11-17-27)32(40)28(21-24-12-7-5-8-13-24)36-33(41)42-34(2,3)4/h5-10,12-15,18-20,27-28,30,38H,11,16-17,21-22H2,1-4H3,(H,35,39)(H,36,41). The Morgan fingerprint density at radius 1 is 0.952 bits per heavy atom. The first-order chi connectivity index (χ1) is 20.0. The summed E-state index contributed by atoms with van der Waals surface area (Å²) in [6.07, 6.45) is 1.96. The summed E-state index contributed by atoms with van der Waals surface area (Å²) in [6.45, 7) is 7.35. The van der Waals surface area contributed by atoms with Gasteiger partial charge >= 0.3 is 6.09 Å². The molecule has 3 amide bonds. The zero-order valence-electron chi connectivity index (χ0n) is 24.8. The molecule has 2 atom stereocenters. The van der Waals surface area contributed by atoms with Crippen molar-refractivity contribution >= 4 is 17.9 Å². The molecule has 0 spiro atoms. The van der Waals surface area contributed by atoms with Crippen LogP contribution in [-0.2, 0) is 27.3 Å². The summed E-state index contributed by atoms with van der Waals surface area (Å²) in [5, 5.41) is 16.1. The number of ether oxygens (including phenoxy) is 1. The molecule has 8 heteroatoms. The lowest BCUT2D eigenvalue weighted by Gasteiger charge is -2.43. The third-order valence-corrected chi connectivity index (χ3v) is 7.37. The third-order valence-electron chi connectivity index (χ3n) is 7.37. The van der Waals surface area contributed by atoms with Crippen LogP contribution in [0.25, 0.3) is 0 Å². The first kappa shape index (κ1) is 30.6. The molecule has 3 aromatic carbocycles. The smallest absolute Gasteiger partial charge is 0.408 e. The van der Waals surface area contributed by atoms with E-state index in [-0.39, 0.29) is 30.0 Å². The van der Waals surface area contributed by atoms with E-state index in [4.69, 9.17) is 4.74 Å². The Bertz CT molecular complexity index is 1370. The molecule has 3 aromatic rings. The Kier molecular flexibility index (Phi) is 9.88. The number of phenols is 1. The van der Waals surface area contributed by atoms with Gasteiger partial charge in [-0.15, -0.1) is 0 Å². The summed E-state index contributed by atoms with van der Waals surface area (Å²) >= 11 is 0. The van der Waals surface area contributed by atoms with Crippen molar-refractivity contribution in [3.63, 3.8) is 0 Å². The molecule has 1 fully saturated rings. The van der Waals surface area contributed by atoms with Gasteiger partial charge < -0.3 is 25.4 Å². The van der Waals surface area contributed by atoms with Crippen molar-refractivity contribution < 1.29 is 24.2 Å². The lowest BCUT2D eigenvalue weighted by atomic mass is 9.87. The van der Waals surface area contributed by atoms with Gasteiger partial charge in [0.2, 0.25) is 11.8 Å². The van der Waals surface area contributed by atoms with Gasteiger partial charge in [0, 0.05) is 19.0 Å². The molecule has 222 valence electrons. The molecule has 1 aliphatic carbocycles. The average Bonchev–Trinajstić information content (AvgIpc) is 2.92. The molecule has 0 heterocycles. The quantitative estimate of drug-likeness (QED) is 0.295. The summed E-state index contributed by atoms with van der Waals surface area (Å²) in [6, 6.07) is 21.9. The van der Waals surface area contributed by atoms with E-state index in [1.54, 1.807) is 50.8 Å². The highest BCUT2D eigenvalue weighted by molar-refractivity contribution is 5.92. The molecular formula is C34H41N3O5. The molecule has 1 aliphatic rings. The maximum Gasteiger partial charge on any atom is 0.408 e. The van der Waals surface area contributed by atoms with Crippen LogP contribution in [0.2, 0.25) is 0 Å². The highest BCUT2D eigenvalue weighted by Crippen LogP contribution is 2.35. The second-order valence-corrected chi connectivity index (χ2v) is 11.9. The number of carbonyl (C=O) groups is 3. The first-order valence-electron chi connectivity index (χ1n) is 14.5. The minimum absolute atomic E-state index is 0.109. The number of aryl methyl sites for hydroxylation is 1. The topological polar surface area (TPSA) is 108 Å². The van der Waals surface area contributed by atoms with Crippen molar-refractivity contribution in [2.24, 2.45) is 0 Å². The monoisotopic (exact) mass is 571 g/mol. The fourth-order valence-corrected chi connectivity index (χ4v) is 5.03. The fourth-order valence-electron chi connectivity index (χ4n) is 5.03. The van der Waals surface area contributed by atoms with Gasteiger partial charge in [0.25, 0.3) is 0 Å².